The molecule has 1 amide bonds. The Morgan fingerprint density at radius 3 is 2.69 bits per heavy atom. The number of benzene rings is 1. The van der Waals surface area contributed by atoms with Crippen LogP contribution in [0.5, 0.6) is 0 Å². The van der Waals surface area contributed by atoms with Gasteiger partial charge in [0.25, 0.3) is 0 Å². The number of carbonyl (C=O) groups excluding carboxylic acids is 1. The van der Waals surface area contributed by atoms with Gasteiger partial charge in [0.1, 0.15) is 0 Å². The lowest BCUT2D eigenvalue weighted by molar-refractivity contribution is -0.121. The zero-order valence-corrected chi connectivity index (χ0v) is 8.60. The number of rotatable bonds is 2. The van der Waals surface area contributed by atoms with E-state index in [4.69, 9.17) is 5.11 Å². The number of hydrogen-bond donors (Lipinski definition) is 2. The number of nitrogens with one attached hydrogen (secondary N) is 1. The van der Waals surface area contributed by atoms with Crippen LogP contribution >= 0.6 is 0 Å². The highest BCUT2D eigenvalue weighted by molar-refractivity contribution is 6.19. The molecule has 5 heteroatoms. The van der Waals surface area contributed by atoms with E-state index in [0.29, 0.717) is 11.3 Å². The predicted molar refractivity (Wildman–Crippen MR) is 57.2 cm³/mol. The van der Waals surface area contributed by atoms with Crippen LogP contribution in [-0.4, -0.2) is 22.7 Å². The summed E-state index contributed by atoms with van der Waals surface area (Å²) in [7, 11) is 0. The van der Waals surface area contributed by atoms with Gasteiger partial charge in [0.15, 0.2) is 0 Å². The third-order valence-corrected chi connectivity index (χ3v) is 2.52. The molecule has 0 bridgehead atoms. The fourth-order valence-electron chi connectivity index (χ4n) is 1.62. The Labute approximate surface area is 91.8 Å². The van der Waals surface area contributed by atoms with Crippen molar-refractivity contribution in [3.8, 4) is 0 Å². The molecule has 1 atom stereocenters. The maximum absolute atomic E-state index is 11.3. The zero-order chi connectivity index (χ0) is 11.7. The molecule has 5 nitrogen and oxygen atoms in total. The summed E-state index contributed by atoms with van der Waals surface area (Å²) in [6.45, 7) is 1.69. The van der Waals surface area contributed by atoms with E-state index in [1.165, 1.54) is 6.07 Å². The van der Waals surface area contributed by atoms with Gasteiger partial charge in [0.2, 0.25) is 5.91 Å². The monoisotopic (exact) mass is 218 g/mol. The van der Waals surface area contributed by atoms with Crippen LogP contribution in [0.2, 0.25) is 0 Å². The molecule has 2 N–H and O–H groups in total. The Balaban J connectivity index is 2.49. The van der Waals surface area contributed by atoms with E-state index in [-0.39, 0.29) is 11.5 Å². The van der Waals surface area contributed by atoms with Crippen molar-refractivity contribution in [1.82, 2.24) is 5.43 Å². The third kappa shape index (κ3) is 1.56. The summed E-state index contributed by atoms with van der Waals surface area (Å²) in [5.41, 5.74) is 3.46. The maximum atomic E-state index is 11.3. The summed E-state index contributed by atoms with van der Waals surface area (Å²) in [6.07, 6.45) is 0. The van der Waals surface area contributed by atoms with Gasteiger partial charge in [-0.2, -0.15) is 5.10 Å². The van der Waals surface area contributed by atoms with Crippen molar-refractivity contribution in [3.63, 3.8) is 0 Å². The van der Waals surface area contributed by atoms with Crippen LogP contribution in [0.4, 0.5) is 0 Å². The molecule has 0 aliphatic carbocycles. The number of nitrogens with zero attached hydrogens (tertiary/aromatic N) is 1. The van der Waals surface area contributed by atoms with Gasteiger partial charge in [-0.05, 0) is 13.0 Å². The smallest absolute Gasteiger partial charge is 0.336 e. The van der Waals surface area contributed by atoms with Crippen LogP contribution in [0.15, 0.2) is 29.4 Å². The van der Waals surface area contributed by atoms with Crippen molar-refractivity contribution < 1.29 is 14.7 Å². The van der Waals surface area contributed by atoms with Crippen LogP contribution in [0, 0.1) is 5.92 Å². The average molecular weight is 218 g/mol. The molecule has 0 saturated heterocycles. The average Bonchev–Trinajstić information content (AvgIpc) is 2.60. The molecular formula is C11H10N2O3. The number of hydrazone groups is 1. The summed E-state index contributed by atoms with van der Waals surface area (Å²) in [6, 6.07) is 6.51. The van der Waals surface area contributed by atoms with Crippen LogP contribution < -0.4 is 5.43 Å². The lowest BCUT2D eigenvalue weighted by atomic mass is 9.95. The maximum Gasteiger partial charge on any atom is 0.336 e. The van der Waals surface area contributed by atoms with Crippen molar-refractivity contribution in [2.45, 2.75) is 6.92 Å². The van der Waals surface area contributed by atoms with E-state index in [1.807, 2.05) is 0 Å². The minimum atomic E-state index is -1.02. The highest BCUT2D eigenvalue weighted by Crippen LogP contribution is 2.18. The summed E-state index contributed by atoms with van der Waals surface area (Å²) >= 11 is 0. The number of carboxylic acids is 1. The zero-order valence-electron chi connectivity index (χ0n) is 8.60. The summed E-state index contributed by atoms with van der Waals surface area (Å²) in [5, 5.41) is 12.9. The predicted octanol–water partition coefficient (Wildman–Crippen LogP) is 0.855. The van der Waals surface area contributed by atoms with Gasteiger partial charge in [-0.1, -0.05) is 18.2 Å². The highest BCUT2D eigenvalue weighted by atomic mass is 16.4. The molecule has 1 heterocycles. The molecule has 1 unspecified atom stereocenters. The van der Waals surface area contributed by atoms with Gasteiger partial charge in [0.05, 0.1) is 17.2 Å². The third-order valence-electron chi connectivity index (χ3n) is 2.52. The second kappa shape index (κ2) is 3.77. The molecule has 1 aliphatic heterocycles. The minimum absolute atomic E-state index is 0.157. The first-order chi connectivity index (χ1) is 7.61. The van der Waals surface area contributed by atoms with Crippen molar-refractivity contribution in [2.24, 2.45) is 11.0 Å². The van der Waals surface area contributed by atoms with Crippen molar-refractivity contribution >= 4 is 17.6 Å². The van der Waals surface area contributed by atoms with Crippen LogP contribution in [0.1, 0.15) is 22.8 Å². The Bertz CT molecular complexity index is 494. The molecule has 82 valence electrons. The van der Waals surface area contributed by atoms with E-state index in [9.17, 15) is 9.59 Å². The first-order valence-electron chi connectivity index (χ1n) is 4.81. The molecule has 0 radical (unpaired) electrons. The summed E-state index contributed by atoms with van der Waals surface area (Å²) < 4.78 is 0. The van der Waals surface area contributed by atoms with Gasteiger partial charge >= 0.3 is 5.97 Å². The topological polar surface area (TPSA) is 78.8 Å². The lowest BCUT2D eigenvalue weighted by Crippen LogP contribution is -2.21. The molecule has 0 saturated carbocycles. The largest absolute Gasteiger partial charge is 0.478 e. The fourth-order valence-corrected chi connectivity index (χ4v) is 1.62. The van der Waals surface area contributed by atoms with Crippen molar-refractivity contribution in [3.05, 3.63) is 35.4 Å². The number of aromatic carboxylic acids is 1. The number of carboxylic acid groups (broad SMARTS) is 1. The normalized spacial score (nSPS) is 19.2. The molecule has 1 aromatic rings. The Morgan fingerprint density at radius 2 is 2.12 bits per heavy atom. The van der Waals surface area contributed by atoms with Gasteiger partial charge in [-0.3, -0.25) is 4.79 Å². The van der Waals surface area contributed by atoms with Crippen LogP contribution in [0.3, 0.4) is 0 Å². The van der Waals surface area contributed by atoms with Gasteiger partial charge in [-0.15, -0.1) is 0 Å². The van der Waals surface area contributed by atoms with E-state index in [1.54, 1.807) is 25.1 Å². The van der Waals surface area contributed by atoms with E-state index >= 15 is 0 Å². The Hall–Kier alpha value is -2.17. The number of carbonyl (C=O) groups is 2. The molecule has 1 aliphatic rings. The molecule has 0 spiro atoms. The molecule has 2 rings (SSSR count). The van der Waals surface area contributed by atoms with Crippen molar-refractivity contribution in [2.75, 3.05) is 0 Å². The van der Waals surface area contributed by atoms with E-state index in [2.05, 4.69) is 10.5 Å². The molecule has 1 aromatic carbocycles. The van der Waals surface area contributed by atoms with Crippen LogP contribution in [0.25, 0.3) is 0 Å². The van der Waals surface area contributed by atoms with Crippen molar-refractivity contribution in [1.29, 1.82) is 0 Å². The standard InChI is InChI=1S/C11H10N2O3/c1-6-9(12-13-10(6)14)7-4-2-3-5-8(7)11(15)16/h2-6H,1H3,(H,13,14)(H,15,16). The Kier molecular flexibility index (Phi) is 2.44. The second-order valence-electron chi connectivity index (χ2n) is 3.55. The van der Waals surface area contributed by atoms with Gasteiger partial charge in [0, 0.05) is 5.56 Å². The summed E-state index contributed by atoms with van der Waals surface area (Å²) in [5.74, 6) is -1.65. The van der Waals surface area contributed by atoms with Gasteiger partial charge in [-0.25, -0.2) is 10.2 Å². The molecule has 0 fully saturated rings. The lowest BCUT2D eigenvalue weighted by Gasteiger charge is -2.07. The Morgan fingerprint density at radius 1 is 1.44 bits per heavy atom. The summed E-state index contributed by atoms with van der Waals surface area (Å²) in [4.78, 5) is 22.3. The first-order valence-corrected chi connectivity index (χ1v) is 4.81. The van der Waals surface area contributed by atoms with Gasteiger partial charge < -0.3 is 5.11 Å². The second-order valence-corrected chi connectivity index (χ2v) is 3.55. The number of hydrogen-bond acceptors (Lipinski definition) is 3. The quantitative estimate of drug-likeness (QED) is 0.772. The SMILES string of the molecule is CC1C(=O)NN=C1c1ccccc1C(=O)O. The van der Waals surface area contributed by atoms with E-state index in [0.717, 1.165) is 0 Å². The molecule has 16 heavy (non-hydrogen) atoms. The number of amides is 1. The minimum Gasteiger partial charge on any atom is -0.478 e. The molecular weight excluding hydrogens is 208 g/mol. The fraction of sp³-hybridized carbons (Fsp3) is 0.182. The van der Waals surface area contributed by atoms with Crippen LogP contribution in [-0.2, 0) is 4.79 Å². The molecule has 0 aromatic heterocycles. The van der Waals surface area contributed by atoms with E-state index < -0.39 is 11.9 Å². The highest BCUT2D eigenvalue weighted by Gasteiger charge is 2.28. The first kappa shape index (κ1) is 10.4.